The largest absolute Gasteiger partial charge is 0.478 e. The van der Waals surface area contributed by atoms with Gasteiger partial charge in [0.25, 0.3) is 0 Å². The van der Waals surface area contributed by atoms with Crippen molar-refractivity contribution in [2.75, 3.05) is 5.32 Å². The van der Waals surface area contributed by atoms with Gasteiger partial charge in [0.15, 0.2) is 5.78 Å². The molecule has 4 rings (SSSR count). The predicted molar refractivity (Wildman–Crippen MR) is 95.4 cm³/mol. The van der Waals surface area contributed by atoms with E-state index in [1.54, 1.807) is 18.5 Å². The molecule has 0 aliphatic heterocycles. The standard InChI is InChI=1S/C19H15N5O3/c25-16(12-2-1-3-13(6-12)17(26)27)14-7-22-18(23-8-14)24-19(4-5-19)15-9-20-11-21-10-15/h1-3,6-11H,4-5H2,(H,26,27)(H,22,23,24). The number of nitrogens with zero attached hydrogens (tertiary/aromatic N) is 4. The molecule has 0 bridgehead atoms. The van der Waals surface area contributed by atoms with E-state index in [9.17, 15) is 9.59 Å². The van der Waals surface area contributed by atoms with Crippen LogP contribution >= 0.6 is 0 Å². The summed E-state index contributed by atoms with van der Waals surface area (Å²) in [5.74, 6) is -1.01. The van der Waals surface area contributed by atoms with Gasteiger partial charge in [0.1, 0.15) is 6.33 Å². The number of carboxylic acid groups (broad SMARTS) is 1. The third-order valence-corrected chi connectivity index (χ3v) is 4.50. The molecule has 1 aromatic carbocycles. The maximum absolute atomic E-state index is 12.5. The van der Waals surface area contributed by atoms with Gasteiger partial charge in [-0.1, -0.05) is 12.1 Å². The first-order valence-electron chi connectivity index (χ1n) is 8.31. The molecule has 8 heteroatoms. The smallest absolute Gasteiger partial charge is 0.335 e. The summed E-state index contributed by atoms with van der Waals surface area (Å²) in [7, 11) is 0. The van der Waals surface area contributed by atoms with Gasteiger partial charge >= 0.3 is 5.97 Å². The minimum atomic E-state index is -1.08. The Morgan fingerprint density at radius 3 is 2.26 bits per heavy atom. The highest BCUT2D eigenvalue weighted by Crippen LogP contribution is 2.47. The van der Waals surface area contributed by atoms with Crippen LogP contribution in [0.3, 0.4) is 0 Å². The SMILES string of the molecule is O=C(O)c1cccc(C(=O)c2cnc(NC3(c4cncnc4)CC3)nc2)c1. The van der Waals surface area contributed by atoms with Gasteiger partial charge in [0, 0.05) is 35.9 Å². The first kappa shape index (κ1) is 16.8. The molecule has 1 fully saturated rings. The zero-order valence-corrected chi connectivity index (χ0v) is 14.2. The summed E-state index contributed by atoms with van der Waals surface area (Å²) in [6, 6.07) is 5.87. The number of carboxylic acids is 1. The second-order valence-corrected chi connectivity index (χ2v) is 6.34. The van der Waals surface area contributed by atoms with E-state index in [4.69, 9.17) is 5.11 Å². The normalized spacial score (nSPS) is 14.4. The van der Waals surface area contributed by atoms with Crippen LogP contribution < -0.4 is 5.32 Å². The lowest BCUT2D eigenvalue weighted by atomic mass is 10.0. The Morgan fingerprint density at radius 1 is 0.963 bits per heavy atom. The van der Waals surface area contributed by atoms with Crippen molar-refractivity contribution in [3.63, 3.8) is 0 Å². The second-order valence-electron chi connectivity index (χ2n) is 6.34. The van der Waals surface area contributed by atoms with Crippen molar-refractivity contribution in [1.29, 1.82) is 0 Å². The number of aromatic nitrogens is 4. The summed E-state index contributed by atoms with van der Waals surface area (Å²) in [4.78, 5) is 40.2. The van der Waals surface area contributed by atoms with Crippen LogP contribution in [-0.2, 0) is 5.54 Å². The summed E-state index contributed by atoms with van der Waals surface area (Å²) in [6.45, 7) is 0. The van der Waals surface area contributed by atoms with Crippen molar-refractivity contribution >= 4 is 17.7 Å². The average molecular weight is 361 g/mol. The molecule has 8 nitrogen and oxygen atoms in total. The molecule has 1 saturated carbocycles. The highest BCUT2D eigenvalue weighted by molar-refractivity contribution is 6.09. The maximum Gasteiger partial charge on any atom is 0.335 e. The van der Waals surface area contributed by atoms with E-state index in [1.807, 2.05) is 0 Å². The number of ketones is 1. The third-order valence-electron chi connectivity index (χ3n) is 4.50. The van der Waals surface area contributed by atoms with Crippen LogP contribution in [-0.4, -0.2) is 36.8 Å². The third kappa shape index (κ3) is 3.37. The molecule has 0 spiro atoms. The Balaban J connectivity index is 1.52. The van der Waals surface area contributed by atoms with Crippen molar-refractivity contribution in [3.05, 3.63) is 77.6 Å². The number of carbonyl (C=O) groups excluding carboxylic acids is 1. The molecule has 0 unspecified atom stereocenters. The van der Waals surface area contributed by atoms with Crippen LogP contribution in [0.2, 0.25) is 0 Å². The lowest BCUT2D eigenvalue weighted by Crippen LogP contribution is -2.21. The molecule has 27 heavy (non-hydrogen) atoms. The molecule has 0 saturated heterocycles. The molecular weight excluding hydrogens is 346 g/mol. The van der Waals surface area contributed by atoms with Crippen molar-refractivity contribution < 1.29 is 14.7 Å². The number of carbonyl (C=O) groups is 2. The number of rotatable bonds is 6. The van der Waals surface area contributed by atoms with E-state index in [-0.39, 0.29) is 28.0 Å². The maximum atomic E-state index is 12.5. The molecule has 1 aliphatic rings. The lowest BCUT2D eigenvalue weighted by Gasteiger charge is -2.16. The van der Waals surface area contributed by atoms with Crippen LogP contribution in [0.25, 0.3) is 0 Å². The van der Waals surface area contributed by atoms with Crippen LogP contribution in [0.5, 0.6) is 0 Å². The van der Waals surface area contributed by atoms with Crippen molar-refractivity contribution in [1.82, 2.24) is 19.9 Å². The molecule has 2 N–H and O–H groups in total. The molecule has 1 aliphatic carbocycles. The van der Waals surface area contributed by atoms with E-state index in [0.29, 0.717) is 5.95 Å². The Morgan fingerprint density at radius 2 is 1.63 bits per heavy atom. The lowest BCUT2D eigenvalue weighted by molar-refractivity contribution is 0.0697. The van der Waals surface area contributed by atoms with Gasteiger partial charge in [-0.05, 0) is 25.0 Å². The quantitative estimate of drug-likeness (QED) is 0.642. The summed E-state index contributed by atoms with van der Waals surface area (Å²) >= 11 is 0. The van der Waals surface area contributed by atoms with Gasteiger partial charge in [-0.2, -0.15) is 0 Å². The number of aromatic carboxylic acids is 1. The van der Waals surface area contributed by atoms with E-state index in [1.165, 1.54) is 36.9 Å². The highest BCUT2D eigenvalue weighted by atomic mass is 16.4. The molecule has 0 radical (unpaired) electrons. The molecule has 0 amide bonds. The predicted octanol–water partition coefficient (Wildman–Crippen LogP) is 2.30. The monoisotopic (exact) mass is 361 g/mol. The summed E-state index contributed by atoms with van der Waals surface area (Å²) in [5, 5.41) is 12.3. The fraction of sp³-hybridized carbons (Fsp3) is 0.158. The first-order valence-corrected chi connectivity index (χ1v) is 8.31. The average Bonchev–Trinajstić information content (AvgIpc) is 3.49. The number of hydrogen-bond donors (Lipinski definition) is 2. The minimum Gasteiger partial charge on any atom is -0.478 e. The topological polar surface area (TPSA) is 118 Å². The van der Waals surface area contributed by atoms with Gasteiger partial charge in [-0.25, -0.2) is 24.7 Å². The van der Waals surface area contributed by atoms with Gasteiger partial charge in [-0.15, -0.1) is 0 Å². The zero-order valence-electron chi connectivity index (χ0n) is 14.2. The van der Waals surface area contributed by atoms with Gasteiger partial charge < -0.3 is 10.4 Å². The molecular formula is C19H15N5O3. The van der Waals surface area contributed by atoms with Crippen LogP contribution in [0.4, 0.5) is 5.95 Å². The van der Waals surface area contributed by atoms with E-state index in [0.717, 1.165) is 18.4 Å². The summed E-state index contributed by atoms with van der Waals surface area (Å²) in [6.07, 6.45) is 9.72. The van der Waals surface area contributed by atoms with E-state index >= 15 is 0 Å². The summed E-state index contributed by atoms with van der Waals surface area (Å²) in [5.41, 5.74) is 1.33. The molecule has 2 aromatic heterocycles. The van der Waals surface area contributed by atoms with E-state index in [2.05, 4.69) is 25.3 Å². The molecule has 0 atom stereocenters. The minimum absolute atomic E-state index is 0.0563. The van der Waals surface area contributed by atoms with Crippen molar-refractivity contribution in [2.45, 2.75) is 18.4 Å². The summed E-state index contributed by atoms with van der Waals surface area (Å²) < 4.78 is 0. The Hall–Kier alpha value is -3.68. The van der Waals surface area contributed by atoms with Gasteiger partial charge in [0.05, 0.1) is 16.7 Å². The van der Waals surface area contributed by atoms with Crippen molar-refractivity contribution in [3.8, 4) is 0 Å². The Bertz CT molecular complexity index is 1000. The number of anilines is 1. The van der Waals surface area contributed by atoms with Gasteiger partial charge in [0.2, 0.25) is 5.95 Å². The fourth-order valence-electron chi connectivity index (χ4n) is 2.84. The second kappa shape index (κ2) is 6.56. The Labute approximate surface area is 154 Å². The zero-order chi connectivity index (χ0) is 18.9. The fourth-order valence-corrected chi connectivity index (χ4v) is 2.84. The Kier molecular flexibility index (Phi) is 4.08. The number of nitrogens with one attached hydrogen (secondary N) is 1. The van der Waals surface area contributed by atoms with Gasteiger partial charge in [-0.3, -0.25) is 4.79 Å². The first-order chi connectivity index (χ1) is 13.1. The molecule has 2 heterocycles. The van der Waals surface area contributed by atoms with Crippen molar-refractivity contribution in [2.24, 2.45) is 0 Å². The van der Waals surface area contributed by atoms with Crippen LogP contribution in [0.1, 0.15) is 44.7 Å². The highest BCUT2D eigenvalue weighted by Gasteiger charge is 2.45. The number of hydrogen-bond acceptors (Lipinski definition) is 7. The van der Waals surface area contributed by atoms with Crippen LogP contribution in [0, 0.1) is 0 Å². The molecule has 134 valence electrons. The molecule has 3 aromatic rings. The van der Waals surface area contributed by atoms with Crippen LogP contribution in [0.15, 0.2) is 55.4 Å². The number of benzene rings is 1. The van der Waals surface area contributed by atoms with E-state index < -0.39 is 5.97 Å².